The number of amides is 2. The lowest BCUT2D eigenvalue weighted by Gasteiger charge is -2.50. The van der Waals surface area contributed by atoms with E-state index in [2.05, 4.69) is 19.8 Å². The van der Waals surface area contributed by atoms with Crippen molar-refractivity contribution < 1.29 is 34.0 Å². The Bertz CT molecular complexity index is 1240. The first-order valence-electron chi connectivity index (χ1n) is 10.9. The van der Waals surface area contributed by atoms with E-state index in [1.54, 1.807) is 42.9 Å². The van der Waals surface area contributed by atoms with Crippen molar-refractivity contribution in [3.8, 4) is 0 Å². The molecule has 4 N–H and O–H groups in total. The zero-order valence-corrected chi connectivity index (χ0v) is 20.9. The molecule has 15 heteroatoms. The lowest BCUT2D eigenvalue weighted by atomic mass is 10.0. The highest BCUT2D eigenvalue weighted by Crippen LogP contribution is 2.40. The van der Waals surface area contributed by atoms with Gasteiger partial charge in [0.15, 0.2) is 24.1 Å². The van der Waals surface area contributed by atoms with Crippen molar-refractivity contribution in [2.24, 2.45) is 5.16 Å². The van der Waals surface area contributed by atoms with Crippen molar-refractivity contribution >= 4 is 51.9 Å². The number of nitrogen functional groups attached to an aromatic ring is 1. The van der Waals surface area contributed by atoms with Gasteiger partial charge in [-0.2, -0.15) is 9.36 Å². The normalized spacial score (nSPS) is 20.5. The van der Waals surface area contributed by atoms with Gasteiger partial charge >= 0.3 is 0 Å². The number of hydrogen-bond donors (Lipinski definition) is 3. The summed E-state index contributed by atoms with van der Waals surface area (Å²) in [7, 11) is 0. The number of carbonyl (C=O) groups excluding carboxylic acids is 3. The van der Waals surface area contributed by atoms with E-state index in [0.717, 1.165) is 22.0 Å². The van der Waals surface area contributed by atoms with Crippen LogP contribution in [0.2, 0.25) is 0 Å². The summed E-state index contributed by atoms with van der Waals surface area (Å²) in [5.41, 5.74) is 6.36. The van der Waals surface area contributed by atoms with Gasteiger partial charge in [-0.05, 0) is 19.4 Å². The quantitative estimate of drug-likeness (QED) is 0.145. The molecule has 4 heterocycles. The summed E-state index contributed by atoms with van der Waals surface area (Å²) >= 11 is 2.20. The van der Waals surface area contributed by atoms with Gasteiger partial charge < -0.3 is 30.9 Å². The second-order valence-electron chi connectivity index (χ2n) is 7.89. The van der Waals surface area contributed by atoms with Gasteiger partial charge in [-0.25, -0.2) is 4.57 Å². The molecule has 0 radical (unpaired) electrons. The van der Waals surface area contributed by atoms with Crippen LogP contribution in [0, 0.1) is 0 Å². The summed E-state index contributed by atoms with van der Waals surface area (Å²) in [6, 6.07) is 2.48. The second kappa shape index (κ2) is 10.6. The minimum Gasteiger partial charge on any atom is -0.543 e. The molecule has 0 saturated carbocycles. The van der Waals surface area contributed by atoms with Gasteiger partial charge in [-0.1, -0.05) is 5.16 Å². The number of aliphatic hydroxyl groups excluding tert-OH is 1. The van der Waals surface area contributed by atoms with Gasteiger partial charge in [0.2, 0.25) is 11.5 Å². The summed E-state index contributed by atoms with van der Waals surface area (Å²) in [5.74, 6) is -2.55. The van der Waals surface area contributed by atoms with Crippen LogP contribution in [0.15, 0.2) is 41.0 Å². The number of carboxylic acids is 1. The zero-order valence-electron chi connectivity index (χ0n) is 19.3. The predicted octanol–water partition coefficient (Wildman–Crippen LogP) is -1.69. The first-order valence-corrected chi connectivity index (χ1v) is 12.7. The molecular formula is C21H23N7O6S2. The molecule has 2 aromatic heterocycles. The predicted molar refractivity (Wildman–Crippen MR) is 127 cm³/mol. The van der Waals surface area contributed by atoms with Gasteiger partial charge in [-0.3, -0.25) is 14.5 Å². The lowest BCUT2D eigenvalue weighted by molar-refractivity contribution is -0.689. The number of nitrogens with two attached hydrogens (primary N) is 1. The summed E-state index contributed by atoms with van der Waals surface area (Å²) in [6.07, 6.45) is 2.81. The Labute approximate surface area is 213 Å². The van der Waals surface area contributed by atoms with E-state index in [0.29, 0.717) is 11.3 Å². The van der Waals surface area contributed by atoms with Crippen LogP contribution in [-0.2, 0) is 25.8 Å². The molecular weight excluding hydrogens is 510 g/mol. The summed E-state index contributed by atoms with van der Waals surface area (Å²) in [4.78, 5) is 47.9. The van der Waals surface area contributed by atoms with Crippen molar-refractivity contribution in [1.82, 2.24) is 19.6 Å². The van der Waals surface area contributed by atoms with Gasteiger partial charge in [0.05, 0.1) is 17.8 Å². The average molecular weight is 534 g/mol. The highest BCUT2D eigenvalue weighted by molar-refractivity contribution is 8.00. The van der Waals surface area contributed by atoms with Crippen molar-refractivity contribution in [1.29, 1.82) is 0 Å². The van der Waals surface area contributed by atoms with Crippen molar-refractivity contribution in [2.45, 2.75) is 37.9 Å². The standard InChI is InChI=1S/C21H23N7O6S2/c1-3-34-25-13(16-24-21(22)36-26-16)17(30)23-14-18(31)28-15(20(32)33)12(9-35-19(14)28)8-27-6-4-11(5-7-27)10(2)29/h4-7,10,14,19,29H,3,8-9H2,1-2H3,(H3-,22,23,24,26,30,32,33)/t10?,14?,19-/m0/s1. The molecule has 190 valence electrons. The largest absolute Gasteiger partial charge is 0.543 e. The number of thioether (sulfide) groups is 1. The number of pyridine rings is 1. The van der Waals surface area contributed by atoms with E-state index in [4.69, 9.17) is 10.6 Å². The molecule has 1 fully saturated rings. The molecule has 0 spiro atoms. The molecule has 4 rings (SSSR count). The van der Waals surface area contributed by atoms with Crippen molar-refractivity contribution in [3.63, 3.8) is 0 Å². The number of nitrogens with one attached hydrogen (secondary N) is 1. The first kappa shape index (κ1) is 25.5. The highest BCUT2D eigenvalue weighted by atomic mass is 32.2. The van der Waals surface area contributed by atoms with Crippen LogP contribution in [0.25, 0.3) is 0 Å². The fourth-order valence-electron chi connectivity index (χ4n) is 3.72. The maximum absolute atomic E-state index is 13.0. The Balaban J connectivity index is 1.52. The third kappa shape index (κ3) is 5.03. The van der Waals surface area contributed by atoms with E-state index in [1.807, 2.05) is 0 Å². The maximum Gasteiger partial charge on any atom is 0.278 e. The van der Waals surface area contributed by atoms with Gasteiger partial charge in [0.1, 0.15) is 18.0 Å². The molecule has 36 heavy (non-hydrogen) atoms. The molecule has 0 bridgehead atoms. The Morgan fingerprint density at radius 1 is 1.44 bits per heavy atom. The molecule has 2 unspecified atom stereocenters. The zero-order chi connectivity index (χ0) is 26.0. The molecule has 13 nitrogen and oxygen atoms in total. The Morgan fingerprint density at radius 3 is 2.75 bits per heavy atom. The minimum atomic E-state index is -1.48. The van der Waals surface area contributed by atoms with E-state index in [9.17, 15) is 24.6 Å². The molecule has 0 aromatic carbocycles. The van der Waals surface area contributed by atoms with Crippen molar-refractivity contribution in [3.05, 3.63) is 47.2 Å². The summed E-state index contributed by atoms with van der Waals surface area (Å²) < 4.78 is 5.71. The number of anilines is 1. The Kier molecular flexibility index (Phi) is 7.51. The molecule has 2 aliphatic rings. The van der Waals surface area contributed by atoms with Gasteiger partial charge in [-0.15, -0.1) is 11.8 Å². The average Bonchev–Trinajstić information content (AvgIpc) is 3.28. The van der Waals surface area contributed by atoms with Crippen LogP contribution >= 0.6 is 23.3 Å². The fourth-order valence-corrected chi connectivity index (χ4v) is 5.49. The third-order valence-electron chi connectivity index (χ3n) is 5.45. The van der Waals surface area contributed by atoms with Crippen LogP contribution < -0.4 is 20.7 Å². The molecule has 0 aliphatic carbocycles. The number of fused-ring (bicyclic) bond motifs is 1. The van der Waals surface area contributed by atoms with Crippen LogP contribution in [0.1, 0.15) is 31.3 Å². The number of aliphatic carboxylic acids is 1. The van der Waals surface area contributed by atoms with Crippen LogP contribution in [-0.4, -0.2) is 66.6 Å². The number of hydrogen-bond acceptors (Lipinski definition) is 12. The Hall–Kier alpha value is -3.56. The smallest absolute Gasteiger partial charge is 0.278 e. The van der Waals surface area contributed by atoms with E-state index in [1.165, 1.54) is 11.8 Å². The third-order valence-corrected chi connectivity index (χ3v) is 7.34. The Morgan fingerprint density at radius 2 is 2.17 bits per heavy atom. The summed E-state index contributed by atoms with van der Waals surface area (Å²) in [6.45, 7) is 3.73. The number of β-lactam (4-membered cyclic amide) rings is 1. The number of carbonyl (C=O) groups is 3. The van der Waals surface area contributed by atoms with E-state index in [-0.39, 0.29) is 35.5 Å². The lowest BCUT2D eigenvalue weighted by Crippen LogP contribution is -2.71. The number of nitrogens with zero attached hydrogens (tertiary/aromatic N) is 5. The minimum absolute atomic E-state index is 0.0420. The SMILES string of the molecule is CCON=C(C(=O)NC1C(=O)N2C(C(=O)[O-])=C(C[n+]3ccc(C(C)O)cc3)CS[C@@H]12)c1nsc(N)n1. The van der Waals surface area contributed by atoms with Gasteiger partial charge in [0.25, 0.3) is 11.8 Å². The van der Waals surface area contributed by atoms with Crippen LogP contribution in [0.5, 0.6) is 0 Å². The number of carboxylic acid groups (broad SMARTS) is 1. The van der Waals surface area contributed by atoms with Crippen LogP contribution in [0.3, 0.4) is 0 Å². The number of aliphatic hydroxyl groups is 1. The van der Waals surface area contributed by atoms with E-state index < -0.39 is 35.3 Å². The number of oxime groups is 1. The van der Waals surface area contributed by atoms with E-state index >= 15 is 0 Å². The number of aromatic nitrogens is 3. The second-order valence-corrected chi connectivity index (χ2v) is 9.78. The molecule has 2 aliphatic heterocycles. The maximum atomic E-state index is 13.0. The fraction of sp³-hybridized carbons (Fsp3) is 0.381. The highest BCUT2D eigenvalue weighted by Gasteiger charge is 2.53. The first-order chi connectivity index (χ1) is 17.2. The van der Waals surface area contributed by atoms with Gasteiger partial charge in [0, 0.05) is 35.0 Å². The topological polar surface area (TPSA) is 187 Å². The molecule has 2 aromatic rings. The summed E-state index contributed by atoms with van der Waals surface area (Å²) in [5, 5.41) is 27.5. The number of rotatable bonds is 9. The molecule has 1 saturated heterocycles. The van der Waals surface area contributed by atoms with Crippen molar-refractivity contribution in [2.75, 3.05) is 18.1 Å². The van der Waals surface area contributed by atoms with Crippen LogP contribution in [0.4, 0.5) is 5.13 Å². The molecule has 3 atom stereocenters. The monoisotopic (exact) mass is 533 g/mol. The molecule has 2 amide bonds.